The van der Waals surface area contributed by atoms with E-state index >= 15 is 0 Å². The van der Waals surface area contributed by atoms with E-state index in [2.05, 4.69) is 478 Å². The molecule has 0 aliphatic rings. The fourth-order valence-electron chi connectivity index (χ4n) is 18.9. The molecule has 0 fully saturated rings. The second-order valence-corrected chi connectivity index (χ2v) is 56.8. The number of phenolic OH excluding ortho intramolecular Hbond substituents is 8. The van der Waals surface area contributed by atoms with E-state index in [9.17, 15) is 40.9 Å². The zero-order valence-corrected chi connectivity index (χ0v) is 93.7. The average molecular weight is 1850 g/mol. The molecule has 0 atom stereocenters. The van der Waals surface area contributed by atoms with E-state index in [0.29, 0.717) is 0 Å². The number of aromatic hydroxyl groups is 8. The lowest BCUT2D eigenvalue weighted by Gasteiger charge is -2.33. The van der Waals surface area contributed by atoms with Gasteiger partial charge in [0.15, 0.2) is 0 Å². The molecule has 740 valence electrons. The van der Waals surface area contributed by atoms with Gasteiger partial charge in [0, 0.05) is 68.2 Å². The molecule has 10 aromatic carbocycles. The van der Waals surface area contributed by atoms with Crippen molar-refractivity contribution in [2.75, 3.05) is 0 Å². The van der Waals surface area contributed by atoms with Crippen molar-refractivity contribution in [1.82, 2.24) is 0 Å². The molecule has 136 heavy (non-hydrogen) atoms. The highest BCUT2D eigenvalue weighted by Gasteiger charge is 2.42. The van der Waals surface area contributed by atoms with Crippen LogP contribution in [0.5, 0.6) is 46.0 Å². The van der Waals surface area contributed by atoms with Gasteiger partial charge in [0.2, 0.25) is 0 Å². The second-order valence-electron chi connectivity index (χ2n) is 56.8. The smallest absolute Gasteiger partial charge is 0.123 e. The molecule has 0 radical (unpaired) electrons. The fraction of sp³-hybridized carbons (Fsp3) is 0.531. The van der Waals surface area contributed by atoms with Gasteiger partial charge in [-0.2, -0.15) is 0 Å². The molecule has 10 aromatic rings. The van der Waals surface area contributed by atoms with Crippen LogP contribution in [-0.4, -0.2) is 40.9 Å². The van der Waals surface area contributed by atoms with Crippen molar-refractivity contribution >= 4 is 0 Å². The predicted molar refractivity (Wildman–Crippen MR) is 581 cm³/mol. The first-order valence-corrected chi connectivity index (χ1v) is 50.1. The molecular weight excluding hydrogens is 1670 g/mol. The molecule has 0 aliphatic heterocycles. The van der Waals surface area contributed by atoms with Crippen molar-refractivity contribution in [3.63, 3.8) is 0 Å². The summed E-state index contributed by atoms with van der Waals surface area (Å²) in [6.07, 6.45) is 0. The molecule has 8 N–H and O–H groups in total. The molecule has 10 rings (SSSR count). The fourth-order valence-corrected chi connectivity index (χ4v) is 18.9. The summed E-state index contributed by atoms with van der Waals surface area (Å²) in [6, 6.07) is 51.6. The SMILES string of the molecule is CC(C)(C)c1cc(C(c2ccc(C(c3cc(C(C)(C)C)cc(C(C)(C)C)c3O)c3cc(C(C)(C)C)cc(C(C)(C)C)c3O)cc2)c2cc(C(C)(C)C)cc(C(C)(C)C)c2O)c(O)c(C(C)(C)C)c1.CC(C)(C)c1cc(C(c2ccc(C(c3cc(C(C)(C)C)cc(C(C)(C)C)c3O)c3cc(C(C)(C)C)cc(C(C)(C)C)c3O)cc2)c2cc(C(C)(C)C)cc(C(C)(C)C)c2O)c(O)c(C(C)(C)C)c1. The minimum Gasteiger partial charge on any atom is -0.507 e. The molecule has 0 amide bonds. The summed E-state index contributed by atoms with van der Waals surface area (Å²) in [7, 11) is 0. The maximum Gasteiger partial charge on any atom is 0.123 e. The standard InChI is InChI=1S/2C64H90O4/c2*1-57(2,3)39-29-43(53(65)47(33-39)61(13,14)15)51(44-30-40(58(4,5)6)34-48(54(44)66)62(16,17)18)37-25-27-38(28-26-37)52(45-31-41(59(7,8)9)35-49(55(45)67)63(19,20)21)46-32-42(60(10,11)12)36-50(56(46)68)64(22,23)24/h2*25-36,51-52,65-68H,1-24H3. The van der Waals surface area contributed by atoms with E-state index in [0.717, 1.165) is 156 Å². The molecule has 0 saturated carbocycles. The Kier molecular flexibility index (Phi) is 29.7. The van der Waals surface area contributed by atoms with Gasteiger partial charge in [-0.15, -0.1) is 0 Å². The Hall–Kier alpha value is -9.40. The molecule has 0 spiro atoms. The van der Waals surface area contributed by atoms with Crippen LogP contribution in [0.1, 0.15) is 512 Å². The average Bonchev–Trinajstić information content (AvgIpc) is 0.741. The molecule has 0 unspecified atom stereocenters. The summed E-state index contributed by atoms with van der Waals surface area (Å²) in [5, 5.41) is 102. The summed E-state index contributed by atoms with van der Waals surface area (Å²) in [6.45, 7) is 104. The zero-order chi connectivity index (χ0) is 104. The molecule has 0 aromatic heterocycles. The van der Waals surface area contributed by atoms with Gasteiger partial charge in [-0.3, -0.25) is 0 Å². The van der Waals surface area contributed by atoms with E-state index in [4.69, 9.17) is 0 Å². The highest BCUT2D eigenvalue weighted by molar-refractivity contribution is 5.68. The van der Waals surface area contributed by atoms with Crippen LogP contribution >= 0.6 is 0 Å². The summed E-state index contributed by atoms with van der Waals surface area (Å²) in [5.74, 6) is -0.427. The first-order valence-electron chi connectivity index (χ1n) is 50.1. The third kappa shape index (κ3) is 23.8. The normalized spacial score (nSPS) is 13.8. The number of rotatable bonds is 12. The number of benzene rings is 10. The molecule has 0 aliphatic carbocycles. The van der Waals surface area contributed by atoms with Crippen molar-refractivity contribution < 1.29 is 40.9 Å². The van der Waals surface area contributed by atoms with E-state index < -0.39 is 23.7 Å². The topological polar surface area (TPSA) is 162 Å². The Morgan fingerprint density at radius 2 is 0.206 bits per heavy atom. The van der Waals surface area contributed by atoms with Gasteiger partial charge in [0.1, 0.15) is 46.0 Å². The van der Waals surface area contributed by atoms with Crippen LogP contribution < -0.4 is 0 Å². The van der Waals surface area contributed by atoms with Crippen molar-refractivity contribution in [2.45, 2.75) is 443 Å². The molecule has 0 bridgehead atoms. The third-order valence-corrected chi connectivity index (χ3v) is 28.2. The Labute approximate surface area is 825 Å². The highest BCUT2D eigenvalue weighted by Crippen LogP contribution is 2.58. The maximum absolute atomic E-state index is 12.7. The van der Waals surface area contributed by atoms with Crippen LogP contribution in [0.4, 0.5) is 0 Å². The van der Waals surface area contributed by atoms with E-state index in [1.165, 1.54) is 0 Å². The molecular formula is C128H180O8. The highest BCUT2D eigenvalue weighted by atomic mass is 16.3. The minimum absolute atomic E-state index is 0.229. The molecule has 8 heteroatoms. The molecule has 0 saturated heterocycles. The van der Waals surface area contributed by atoms with Crippen molar-refractivity contribution in [2.24, 2.45) is 0 Å². The monoisotopic (exact) mass is 1850 g/mol. The third-order valence-electron chi connectivity index (χ3n) is 28.2. The van der Waals surface area contributed by atoms with Crippen LogP contribution in [0.3, 0.4) is 0 Å². The molecule has 0 heterocycles. The number of hydrogen-bond donors (Lipinski definition) is 8. The van der Waals surface area contributed by atoms with Gasteiger partial charge in [-0.1, -0.05) is 478 Å². The predicted octanol–water partition coefficient (Wildman–Crippen LogP) is 34.5. The van der Waals surface area contributed by atoms with Gasteiger partial charge in [0.05, 0.1) is 0 Å². The lowest BCUT2D eigenvalue weighted by Crippen LogP contribution is -2.21. The van der Waals surface area contributed by atoms with Crippen LogP contribution in [0.25, 0.3) is 0 Å². The van der Waals surface area contributed by atoms with Crippen molar-refractivity contribution in [3.8, 4) is 46.0 Å². The van der Waals surface area contributed by atoms with Gasteiger partial charge < -0.3 is 40.9 Å². The first kappa shape index (κ1) is 110. The number of hydrogen-bond acceptors (Lipinski definition) is 8. The van der Waals surface area contributed by atoms with Crippen LogP contribution in [-0.2, 0) is 86.6 Å². The Morgan fingerprint density at radius 1 is 0.125 bits per heavy atom. The second kappa shape index (κ2) is 36.7. The number of phenols is 8. The van der Waals surface area contributed by atoms with Gasteiger partial charge in [0.25, 0.3) is 0 Å². The van der Waals surface area contributed by atoms with Gasteiger partial charge in [-0.05, 0) is 198 Å². The van der Waals surface area contributed by atoms with Crippen LogP contribution in [0.15, 0.2) is 146 Å². The summed E-state index contributed by atoms with van der Waals surface area (Å²) < 4.78 is 0. The summed E-state index contributed by atoms with van der Waals surface area (Å²) in [4.78, 5) is 0. The van der Waals surface area contributed by atoms with Crippen molar-refractivity contribution in [3.05, 3.63) is 301 Å². The summed E-state index contributed by atoms with van der Waals surface area (Å²) >= 11 is 0. The maximum atomic E-state index is 12.7. The lowest BCUT2D eigenvalue weighted by molar-refractivity contribution is 0.427. The van der Waals surface area contributed by atoms with E-state index in [1.807, 2.05) is 0 Å². The Balaban J connectivity index is 0.000000305. The van der Waals surface area contributed by atoms with Crippen LogP contribution in [0.2, 0.25) is 0 Å². The quantitative estimate of drug-likeness (QED) is 0.0561. The van der Waals surface area contributed by atoms with Crippen LogP contribution in [0, 0.1) is 0 Å². The minimum atomic E-state index is -0.565. The largest absolute Gasteiger partial charge is 0.507 e. The van der Waals surface area contributed by atoms with Gasteiger partial charge in [-0.25, -0.2) is 0 Å². The molecule has 8 nitrogen and oxygen atoms in total. The van der Waals surface area contributed by atoms with E-state index in [1.54, 1.807) is 0 Å². The Bertz CT molecular complexity index is 4980. The summed E-state index contributed by atoms with van der Waals surface area (Å²) in [5.41, 5.74) is 20.3. The van der Waals surface area contributed by atoms with Crippen molar-refractivity contribution in [1.29, 1.82) is 0 Å². The lowest BCUT2D eigenvalue weighted by atomic mass is 9.71. The Morgan fingerprint density at radius 3 is 0.272 bits per heavy atom. The first-order chi connectivity index (χ1) is 60.9. The van der Waals surface area contributed by atoms with E-state index in [-0.39, 0.29) is 133 Å². The van der Waals surface area contributed by atoms with Gasteiger partial charge >= 0.3 is 0 Å². The zero-order valence-electron chi connectivity index (χ0n) is 93.7.